The van der Waals surface area contributed by atoms with E-state index in [0.29, 0.717) is 18.0 Å². The van der Waals surface area contributed by atoms with Crippen molar-refractivity contribution < 1.29 is 27.4 Å². The fourth-order valence-corrected chi connectivity index (χ4v) is 4.55. The molecule has 0 spiro atoms. The van der Waals surface area contributed by atoms with Crippen LogP contribution in [0.1, 0.15) is 0 Å². The van der Waals surface area contributed by atoms with E-state index < -0.39 is 27.5 Å². The van der Waals surface area contributed by atoms with Gasteiger partial charge in [-0.2, -0.15) is 4.31 Å². The zero-order valence-electron chi connectivity index (χ0n) is 15.1. The summed E-state index contributed by atoms with van der Waals surface area (Å²) in [4.78, 5) is 13.3. The van der Waals surface area contributed by atoms with Crippen molar-refractivity contribution in [3.63, 3.8) is 0 Å². The van der Waals surface area contributed by atoms with Crippen LogP contribution in [0.15, 0.2) is 53.4 Å². The molecule has 1 amide bonds. The minimum atomic E-state index is -4.18. The number of aliphatic hydroxyl groups is 1. The quantitative estimate of drug-likeness (QED) is 0.753. The summed E-state index contributed by atoms with van der Waals surface area (Å²) >= 11 is 0. The molecule has 0 bridgehead atoms. The van der Waals surface area contributed by atoms with Crippen LogP contribution < -0.4 is 10.5 Å². The molecule has 28 heavy (non-hydrogen) atoms. The molecule has 2 aromatic rings. The lowest BCUT2D eigenvalue weighted by molar-refractivity contribution is -0.158. The molecule has 10 heteroatoms. The molecule has 1 aliphatic rings. The second-order valence-electron chi connectivity index (χ2n) is 6.52. The predicted molar refractivity (Wildman–Crippen MR) is 98.4 cm³/mol. The molecule has 0 saturated carbocycles. The number of ether oxygens (including phenoxy) is 1. The third-order valence-corrected chi connectivity index (χ3v) is 6.38. The van der Waals surface area contributed by atoms with Gasteiger partial charge in [0.25, 0.3) is 5.91 Å². The molecular formula is C18H20FN3O5S. The van der Waals surface area contributed by atoms with E-state index in [2.05, 4.69) is 0 Å². The highest BCUT2D eigenvalue weighted by Crippen LogP contribution is 2.29. The summed E-state index contributed by atoms with van der Waals surface area (Å²) in [6, 6.07) is 10.8. The second kappa shape index (κ2) is 7.47. The summed E-state index contributed by atoms with van der Waals surface area (Å²) < 4.78 is 45.2. The number of hydrogen-bond acceptors (Lipinski definition) is 6. The largest absolute Gasteiger partial charge is 0.457 e. The number of amides is 1. The highest BCUT2D eigenvalue weighted by molar-refractivity contribution is 7.89. The SMILES string of the molecule is CN1CCN(S(=O)(=O)c2ccc(Oc3ccc(F)cc3)cc2)C(O)(C(N)=O)C1. The summed E-state index contributed by atoms with van der Waals surface area (Å²) in [6.07, 6.45) is 0. The van der Waals surface area contributed by atoms with Crippen LogP contribution in [0, 0.1) is 5.82 Å². The molecule has 1 atom stereocenters. The first-order valence-electron chi connectivity index (χ1n) is 8.40. The molecule has 0 aliphatic carbocycles. The first-order chi connectivity index (χ1) is 13.1. The minimum absolute atomic E-state index is 0.0912. The van der Waals surface area contributed by atoms with E-state index in [-0.39, 0.29) is 18.0 Å². The Labute approximate surface area is 162 Å². The number of primary amides is 1. The van der Waals surface area contributed by atoms with Gasteiger partial charge in [0.05, 0.1) is 11.4 Å². The van der Waals surface area contributed by atoms with E-state index in [9.17, 15) is 22.7 Å². The molecule has 0 radical (unpaired) electrons. The van der Waals surface area contributed by atoms with E-state index in [1.54, 1.807) is 11.9 Å². The molecule has 2 aromatic carbocycles. The average molecular weight is 409 g/mol. The van der Waals surface area contributed by atoms with Gasteiger partial charge >= 0.3 is 0 Å². The van der Waals surface area contributed by atoms with E-state index in [4.69, 9.17) is 10.5 Å². The first-order valence-corrected chi connectivity index (χ1v) is 9.84. The maximum atomic E-state index is 13.0. The van der Waals surface area contributed by atoms with Gasteiger partial charge in [-0.1, -0.05) is 0 Å². The van der Waals surface area contributed by atoms with Gasteiger partial charge in [0.2, 0.25) is 15.7 Å². The third-order valence-electron chi connectivity index (χ3n) is 4.44. The van der Waals surface area contributed by atoms with Gasteiger partial charge in [0.1, 0.15) is 17.3 Å². The monoisotopic (exact) mass is 409 g/mol. The number of nitrogens with zero attached hydrogens (tertiary/aromatic N) is 2. The van der Waals surface area contributed by atoms with Crippen LogP contribution in [-0.4, -0.2) is 61.0 Å². The Morgan fingerprint density at radius 1 is 1.11 bits per heavy atom. The number of nitrogens with two attached hydrogens (primary N) is 1. The van der Waals surface area contributed by atoms with Crippen LogP contribution in [0.4, 0.5) is 4.39 Å². The van der Waals surface area contributed by atoms with Gasteiger partial charge in [-0.3, -0.25) is 4.79 Å². The van der Waals surface area contributed by atoms with Crippen molar-refractivity contribution in [1.82, 2.24) is 9.21 Å². The lowest BCUT2D eigenvalue weighted by atomic mass is 10.1. The molecule has 150 valence electrons. The zero-order valence-corrected chi connectivity index (χ0v) is 15.9. The second-order valence-corrected chi connectivity index (χ2v) is 8.39. The van der Waals surface area contributed by atoms with Crippen LogP contribution in [0.3, 0.4) is 0 Å². The van der Waals surface area contributed by atoms with Gasteiger partial charge in [0, 0.05) is 13.1 Å². The van der Waals surface area contributed by atoms with E-state index >= 15 is 0 Å². The van der Waals surface area contributed by atoms with Crippen molar-refractivity contribution in [3.8, 4) is 11.5 Å². The number of sulfonamides is 1. The first kappa shape index (κ1) is 20.2. The number of piperazine rings is 1. The molecule has 0 aromatic heterocycles. The average Bonchev–Trinajstić information content (AvgIpc) is 2.63. The summed E-state index contributed by atoms with van der Waals surface area (Å²) in [6.45, 7) is 0.0139. The van der Waals surface area contributed by atoms with Crippen molar-refractivity contribution >= 4 is 15.9 Å². The standard InChI is InChI=1S/C18H20FN3O5S/c1-21-10-11-22(18(24,12-21)17(20)23)28(25,26)16-8-6-15(7-9-16)27-14-4-2-13(19)3-5-14/h2-9,24H,10-12H2,1H3,(H2,20,23). The zero-order chi connectivity index (χ0) is 20.5. The van der Waals surface area contributed by atoms with Crippen LogP contribution in [-0.2, 0) is 14.8 Å². The molecular weight excluding hydrogens is 389 g/mol. The normalized spacial score (nSPS) is 21.4. The van der Waals surface area contributed by atoms with Gasteiger partial charge < -0.3 is 20.5 Å². The summed E-state index contributed by atoms with van der Waals surface area (Å²) in [5.74, 6) is -0.810. The number of carbonyl (C=O) groups is 1. The number of rotatable bonds is 5. The molecule has 1 unspecified atom stereocenters. The summed E-state index contributed by atoms with van der Waals surface area (Å²) in [7, 11) is -2.53. The molecule has 3 N–H and O–H groups in total. The highest BCUT2D eigenvalue weighted by atomic mass is 32.2. The van der Waals surface area contributed by atoms with Crippen LogP contribution in [0.5, 0.6) is 11.5 Å². The fourth-order valence-electron chi connectivity index (χ4n) is 2.95. The minimum Gasteiger partial charge on any atom is -0.457 e. The van der Waals surface area contributed by atoms with Gasteiger partial charge in [-0.25, -0.2) is 12.8 Å². The Morgan fingerprint density at radius 2 is 1.64 bits per heavy atom. The Hall–Kier alpha value is -2.53. The Bertz CT molecular complexity index is 966. The topological polar surface area (TPSA) is 113 Å². The number of likely N-dealkylation sites (N-methyl/N-ethyl adjacent to an activating group) is 1. The molecule has 1 aliphatic heterocycles. The lowest BCUT2D eigenvalue weighted by Crippen LogP contribution is -2.68. The van der Waals surface area contributed by atoms with Crippen LogP contribution in [0.2, 0.25) is 0 Å². The maximum Gasteiger partial charge on any atom is 0.267 e. The Kier molecular flexibility index (Phi) is 5.39. The van der Waals surface area contributed by atoms with Gasteiger partial charge in [-0.05, 0) is 55.6 Å². The smallest absolute Gasteiger partial charge is 0.267 e. The van der Waals surface area contributed by atoms with Crippen molar-refractivity contribution in [1.29, 1.82) is 0 Å². The number of halogens is 1. The maximum absolute atomic E-state index is 13.0. The predicted octanol–water partition coefficient (Wildman–Crippen LogP) is 0.728. The van der Waals surface area contributed by atoms with Crippen LogP contribution in [0.25, 0.3) is 0 Å². The Balaban J connectivity index is 1.85. The summed E-state index contributed by atoms with van der Waals surface area (Å²) in [5.41, 5.74) is 2.94. The summed E-state index contributed by atoms with van der Waals surface area (Å²) in [5, 5.41) is 10.6. The number of β-amino-alcohol motifs (C(OH)–C–C–N with tert-alkyl or cyclic N) is 1. The fraction of sp³-hybridized carbons (Fsp3) is 0.278. The molecule has 8 nitrogen and oxygen atoms in total. The highest BCUT2D eigenvalue weighted by Gasteiger charge is 2.50. The van der Waals surface area contributed by atoms with Crippen LogP contribution >= 0.6 is 0 Å². The molecule has 1 heterocycles. The lowest BCUT2D eigenvalue weighted by Gasteiger charge is -2.43. The number of carbonyl (C=O) groups excluding carboxylic acids is 1. The van der Waals surface area contributed by atoms with E-state index in [0.717, 1.165) is 4.31 Å². The van der Waals surface area contributed by atoms with Gasteiger partial charge in [-0.15, -0.1) is 0 Å². The number of benzene rings is 2. The molecule has 3 rings (SSSR count). The van der Waals surface area contributed by atoms with Crippen molar-refractivity contribution in [2.45, 2.75) is 10.6 Å². The van der Waals surface area contributed by atoms with Crippen molar-refractivity contribution in [3.05, 3.63) is 54.3 Å². The van der Waals surface area contributed by atoms with E-state index in [1.165, 1.54) is 48.5 Å². The van der Waals surface area contributed by atoms with Gasteiger partial charge in [0.15, 0.2) is 0 Å². The number of hydrogen-bond donors (Lipinski definition) is 2. The van der Waals surface area contributed by atoms with E-state index in [1.807, 2.05) is 0 Å². The third kappa shape index (κ3) is 3.85. The van der Waals surface area contributed by atoms with Crippen molar-refractivity contribution in [2.75, 3.05) is 26.7 Å². The molecule has 1 fully saturated rings. The molecule has 1 saturated heterocycles. The Morgan fingerprint density at radius 3 is 2.18 bits per heavy atom. The van der Waals surface area contributed by atoms with Crippen molar-refractivity contribution in [2.24, 2.45) is 5.73 Å².